The van der Waals surface area contributed by atoms with E-state index in [1.807, 2.05) is 13.8 Å². The molecule has 1 N–H and O–H groups in total. The van der Waals surface area contributed by atoms with E-state index in [0.29, 0.717) is 30.2 Å². The highest BCUT2D eigenvalue weighted by Gasteiger charge is 2.32. The van der Waals surface area contributed by atoms with Gasteiger partial charge in [0.1, 0.15) is 12.0 Å². The fraction of sp³-hybridized carbons (Fsp3) is 0.321. The zero-order valence-corrected chi connectivity index (χ0v) is 33.9. The van der Waals surface area contributed by atoms with Gasteiger partial charge in [0, 0.05) is 23.3 Å². The quantitative estimate of drug-likeness (QED) is 0.0623. The van der Waals surface area contributed by atoms with Crippen molar-refractivity contribution >= 4 is 12.6 Å². The topological polar surface area (TPSA) is 36.8 Å². The van der Waals surface area contributed by atoms with Gasteiger partial charge >= 0.3 is 0 Å². The average Bonchev–Trinajstić information content (AvgIpc) is 3.83. The number of allylic oxidation sites excluding steroid dienone is 6. The molecule has 0 radical (unpaired) electrons. The van der Waals surface area contributed by atoms with Gasteiger partial charge in [-0.1, -0.05) is 149 Å². The molecule has 0 heterocycles. The maximum Gasteiger partial charge on any atom is 0.144 e. The molecule has 56 heavy (non-hydrogen) atoms. The molecule has 0 aromatic heterocycles. The number of amidine groups is 1. The molecule has 0 spiro atoms. The monoisotopic (exact) mass is 737 g/mol. The number of fused-ring (bicyclic) bond motifs is 6. The highest BCUT2D eigenvalue weighted by Crippen LogP contribution is 2.45. The van der Waals surface area contributed by atoms with Crippen LogP contribution in [-0.2, 0) is 19.4 Å². The normalized spacial score (nSPS) is 19.9. The Morgan fingerprint density at radius 1 is 0.929 bits per heavy atom. The summed E-state index contributed by atoms with van der Waals surface area (Å²) in [4.78, 5) is 10.1. The van der Waals surface area contributed by atoms with Crippen LogP contribution in [0.5, 0.6) is 0 Å². The Kier molecular flexibility index (Phi) is 13.9. The van der Waals surface area contributed by atoms with Crippen molar-refractivity contribution in [2.24, 2.45) is 15.9 Å². The SMILES string of the molecule is C#C.C=NC(NC(=NCc1cc2c(c(C3C=CCCC3)c1)-c1ccccc1C2)c1cccc(C(/C=C\C)CCC)c1)C1=CC2Cc3ccccc3C2C=C1.CC. The molecule has 0 amide bonds. The van der Waals surface area contributed by atoms with Crippen molar-refractivity contribution in [3.8, 4) is 24.0 Å². The second kappa shape index (κ2) is 19.4. The summed E-state index contributed by atoms with van der Waals surface area (Å²) >= 11 is 0. The van der Waals surface area contributed by atoms with Crippen LogP contribution in [0.1, 0.15) is 122 Å². The predicted molar refractivity (Wildman–Crippen MR) is 241 cm³/mol. The minimum absolute atomic E-state index is 0.303. The molecule has 5 unspecified atom stereocenters. The van der Waals surface area contributed by atoms with E-state index in [0.717, 1.165) is 42.7 Å². The van der Waals surface area contributed by atoms with Crippen molar-refractivity contribution in [3.05, 3.63) is 178 Å². The first kappa shape index (κ1) is 40.2. The fourth-order valence-corrected chi connectivity index (χ4v) is 9.20. The summed E-state index contributed by atoms with van der Waals surface area (Å²) in [6, 6.07) is 31.7. The number of hydrogen-bond acceptors (Lipinski definition) is 2. The molecule has 0 bridgehead atoms. The number of aliphatic imine (C=N–C) groups is 2. The van der Waals surface area contributed by atoms with E-state index in [4.69, 9.17) is 4.99 Å². The maximum atomic E-state index is 5.43. The number of nitrogens with zero attached hydrogens (tertiary/aromatic N) is 2. The number of hydrogen-bond donors (Lipinski definition) is 1. The molecule has 4 aliphatic carbocycles. The first-order valence-corrected chi connectivity index (χ1v) is 20.8. The lowest BCUT2D eigenvalue weighted by atomic mass is 9.83. The van der Waals surface area contributed by atoms with Gasteiger partial charge in [-0.25, -0.2) is 0 Å². The van der Waals surface area contributed by atoms with E-state index < -0.39 is 0 Å². The van der Waals surface area contributed by atoms with Gasteiger partial charge in [-0.05, 0) is 120 Å². The first-order chi connectivity index (χ1) is 27.6. The van der Waals surface area contributed by atoms with E-state index in [1.165, 1.54) is 69.3 Å². The molecular formula is C53H59N3. The van der Waals surface area contributed by atoms with Crippen molar-refractivity contribution in [2.45, 2.75) is 103 Å². The second-order valence-corrected chi connectivity index (χ2v) is 15.1. The molecule has 0 saturated heterocycles. The van der Waals surface area contributed by atoms with Crippen LogP contribution in [0.4, 0.5) is 0 Å². The Balaban J connectivity index is 0.00000129. The number of rotatable bonds is 11. The van der Waals surface area contributed by atoms with Gasteiger partial charge < -0.3 is 5.32 Å². The molecular weight excluding hydrogens is 679 g/mol. The Morgan fingerprint density at radius 3 is 2.50 bits per heavy atom. The molecule has 4 aromatic carbocycles. The van der Waals surface area contributed by atoms with Crippen molar-refractivity contribution in [2.75, 3.05) is 0 Å². The van der Waals surface area contributed by atoms with Gasteiger partial charge in [0.2, 0.25) is 0 Å². The van der Waals surface area contributed by atoms with Crippen LogP contribution in [0.25, 0.3) is 11.1 Å². The third-order valence-corrected chi connectivity index (χ3v) is 11.7. The fourth-order valence-electron chi connectivity index (χ4n) is 9.20. The van der Waals surface area contributed by atoms with Gasteiger partial charge in [0.05, 0.1) is 6.54 Å². The molecule has 5 atom stereocenters. The Hall–Kier alpha value is -5.46. The van der Waals surface area contributed by atoms with Crippen LogP contribution in [0.15, 0.2) is 143 Å². The minimum Gasteiger partial charge on any atom is -0.345 e. The van der Waals surface area contributed by atoms with Gasteiger partial charge in [0.25, 0.3) is 0 Å². The van der Waals surface area contributed by atoms with Gasteiger partial charge in [0.15, 0.2) is 0 Å². The molecule has 4 aliphatic rings. The van der Waals surface area contributed by atoms with Crippen molar-refractivity contribution < 1.29 is 0 Å². The number of benzene rings is 4. The summed E-state index contributed by atoms with van der Waals surface area (Å²) in [5.74, 6) is 2.55. The van der Waals surface area contributed by atoms with Crippen molar-refractivity contribution in [1.82, 2.24) is 5.32 Å². The maximum absolute atomic E-state index is 5.43. The summed E-state index contributed by atoms with van der Waals surface area (Å²) in [6.45, 7) is 13.1. The zero-order valence-electron chi connectivity index (χ0n) is 33.9. The molecule has 3 heteroatoms. The summed E-state index contributed by atoms with van der Waals surface area (Å²) in [5.41, 5.74) is 14.9. The summed E-state index contributed by atoms with van der Waals surface area (Å²) < 4.78 is 0. The van der Waals surface area contributed by atoms with Gasteiger partial charge in [-0.15, -0.1) is 12.8 Å². The van der Waals surface area contributed by atoms with E-state index in [9.17, 15) is 0 Å². The van der Waals surface area contributed by atoms with Crippen molar-refractivity contribution in [1.29, 1.82) is 0 Å². The molecule has 3 nitrogen and oxygen atoms in total. The predicted octanol–water partition coefficient (Wildman–Crippen LogP) is 12.8. The molecule has 286 valence electrons. The first-order valence-electron chi connectivity index (χ1n) is 20.8. The highest BCUT2D eigenvalue weighted by atomic mass is 15.1. The number of nitrogens with one attached hydrogen (secondary N) is 1. The lowest BCUT2D eigenvalue weighted by Crippen LogP contribution is -2.36. The van der Waals surface area contributed by atoms with Crippen LogP contribution in [-0.4, -0.2) is 18.7 Å². The van der Waals surface area contributed by atoms with E-state index in [-0.39, 0.29) is 6.17 Å². The molecule has 0 aliphatic heterocycles. The Bertz CT molecular complexity index is 2160. The minimum atomic E-state index is -0.303. The average molecular weight is 738 g/mol. The molecule has 8 rings (SSSR count). The zero-order chi connectivity index (χ0) is 39.4. The van der Waals surface area contributed by atoms with Crippen molar-refractivity contribution in [3.63, 3.8) is 0 Å². The lowest BCUT2D eigenvalue weighted by Gasteiger charge is -2.25. The van der Waals surface area contributed by atoms with Gasteiger partial charge in [-0.2, -0.15) is 0 Å². The van der Waals surface area contributed by atoms with E-state index in [1.54, 1.807) is 0 Å². The third-order valence-electron chi connectivity index (χ3n) is 11.7. The standard InChI is InChI=1S/C49H51N3.C2H6.C2H2/c1-4-14-34(15-5-2)36-20-13-21-39(28-36)49(52-48(50-3)40-24-25-44-41(31-40)29-37-18-9-11-22-43(37)44)51-32-33-26-42-30-38-19-10-12-23-45(38)47(42)46(27-33)35-16-7-6-8-17-35;2*1-2/h4,7,9-14,16,18-28,31,34-35,41,44,48H,3,5-6,8,15,17,29-30,32H2,1-2H3,(H,51,52);1-2H3;1-2H/b14-4-;;. The van der Waals surface area contributed by atoms with E-state index >= 15 is 0 Å². The molecule has 0 saturated carbocycles. The van der Waals surface area contributed by atoms with E-state index in [2.05, 4.69) is 171 Å². The molecule has 0 fully saturated rings. The largest absolute Gasteiger partial charge is 0.345 e. The molecule has 4 aromatic rings. The lowest BCUT2D eigenvalue weighted by molar-refractivity contribution is 0.608. The van der Waals surface area contributed by atoms with Crippen LogP contribution in [0.3, 0.4) is 0 Å². The summed E-state index contributed by atoms with van der Waals surface area (Å²) in [7, 11) is 0. The number of terminal acetylenes is 1. The third kappa shape index (κ3) is 8.66. The summed E-state index contributed by atoms with van der Waals surface area (Å²) in [6.07, 6.45) is 32.0. The highest BCUT2D eigenvalue weighted by molar-refractivity contribution is 5.99. The van der Waals surface area contributed by atoms with Crippen LogP contribution in [0, 0.1) is 18.8 Å². The summed E-state index contributed by atoms with van der Waals surface area (Å²) in [5, 5.41) is 3.81. The smallest absolute Gasteiger partial charge is 0.144 e. The Labute approximate surface area is 337 Å². The van der Waals surface area contributed by atoms with Crippen LogP contribution < -0.4 is 5.32 Å². The Morgan fingerprint density at radius 2 is 1.73 bits per heavy atom. The van der Waals surface area contributed by atoms with Crippen LogP contribution >= 0.6 is 0 Å². The second-order valence-electron chi connectivity index (χ2n) is 15.1. The van der Waals surface area contributed by atoms with Gasteiger partial charge in [-0.3, -0.25) is 9.98 Å². The van der Waals surface area contributed by atoms with Crippen LogP contribution in [0.2, 0.25) is 0 Å².